The Kier molecular flexibility index (Phi) is 3.28. The molecule has 3 nitrogen and oxygen atoms in total. The van der Waals surface area contributed by atoms with Crippen LogP contribution >= 0.6 is 0 Å². The van der Waals surface area contributed by atoms with Crippen LogP contribution in [0, 0.1) is 18.6 Å². The number of halogens is 2. The highest BCUT2D eigenvalue weighted by molar-refractivity contribution is 5.30. The molecule has 0 aromatic heterocycles. The summed E-state index contributed by atoms with van der Waals surface area (Å²) in [6, 6.07) is 2.17. The van der Waals surface area contributed by atoms with Gasteiger partial charge in [0, 0.05) is 44.3 Å². The predicted octanol–water partition coefficient (Wildman–Crippen LogP) is 1.27. The van der Waals surface area contributed by atoms with E-state index in [9.17, 15) is 8.78 Å². The van der Waals surface area contributed by atoms with Crippen LogP contribution in [0.3, 0.4) is 0 Å². The third-order valence-corrected chi connectivity index (χ3v) is 4.39. The van der Waals surface area contributed by atoms with Crippen molar-refractivity contribution >= 4 is 0 Å². The number of nitrogens with zero attached hydrogens (tertiary/aromatic N) is 2. The SMILES string of the molecule is Cc1ccc(F)c(C(N)C2CN3CCN2CC3)c1F. The molecule has 2 atom stereocenters. The zero-order valence-corrected chi connectivity index (χ0v) is 11.1. The number of hydrogen-bond donors (Lipinski definition) is 1. The van der Waals surface area contributed by atoms with Crippen LogP contribution in [-0.4, -0.2) is 48.6 Å². The summed E-state index contributed by atoms with van der Waals surface area (Å²) < 4.78 is 28.1. The molecule has 5 heteroatoms. The molecule has 0 aliphatic carbocycles. The van der Waals surface area contributed by atoms with Gasteiger partial charge >= 0.3 is 0 Å². The minimum atomic E-state index is -0.608. The molecule has 1 aromatic carbocycles. The predicted molar refractivity (Wildman–Crippen MR) is 69.8 cm³/mol. The third kappa shape index (κ3) is 2.16. The fraction of sp³-hybridized carbons (Fsp3) is 0.571. The summed E-state index contributed by atoms with van der Waals surface area (Å²) in [5.41, 5.74) is 6.67. The van der Waals surface area contributed by atoms with Crippen molar-refractivity contribution in [3.05, 3.63) is 34.9 Å². The van der Waals surface area contributed by atoms with E-state index < -0.39 is 17.7 Å². The van der Waals surface area contributed by atoms with Gasteiger partial charge in [-0.15, -0.1) is 0 Å². The van der Waals surface area contributed by atoms with E-state index in [1.54, 1.807) is 6.92 Å². The highest BCUT2D eigenvalue weighted by Crippen LogP contribution is 2.29. The first-order valence-electron chi connectivity index (χ1n) is 6.74. The lowest BCUT2D eigenvalue weighted by molar-refractivity contribution is 0.00122. The Balaban J connectivity index is 1.92. The molecule has 3 aliphatic rings. The Bertz CT molecular complexity index is 484. The van der Waals surface area contributed by atoms with Crippen LogP contribution in [0.15, 0.2) is 12.1 Å². The number of benzene rings is 1. The van der Waals surface area contributed by atoms with Crippen molar-refractivity contribution in [2.45, 2.75) is 19.0 Å². The summed E-state index contributed by atoms with van der Waals surface area (Å²) in [6.45, 7) is 6.38. The maximum Gasteiger partial charge on any atom is 0.133 e. The molecule has 0 amide bonds. The largest absolute Gasteiger partial charge is 0.322 e. The molecule has 4 rings (SSSR count). The number of nitrogens with two attached hydrogens (primary N) is 1. The molecule has 19 heavy (non-hydrogen) atoms. The first kappa shape index (κ1) is 13.0. The molecule has 3 heterocycles. The Hall–Kier alpha value is -1.04. The van der Waals surface area contributed by atoms with Crippen LogP contribution in [0.2, 0.25) is 0 Å². The summed E-state index contributed by atoms with van der Waals surface area (Å²) >= 11 is 0. The second-order valence-electron chi connectivity index (χ2n) is 5.52. The smallest absolute Gasteiger partial charge is 0.133 e. The Morgan fingerprint density at radius 1 is 1.21 bits per heavy atom. The van der Waals surface area contributed by atoms with E-state index in [0.29, 0.717) is 5.56 Å². The van der Waals surface area contributed by atoms with Crippen molar-refractivity contribution < 1.29 is 8.78 Å². The van der Waals surface area contributed by atoms with Crippen LogP contribution in [0.25, 0.3) is 0 Å². The van der Waals surface area contributed by atoms with E-state index in [1.807, 2.05) is 0 Å². The van der Waals surface area contributed by atoms with Crippen LogP contribution in [0.4, 0.5) is 8.78 Å². The minimum Gasteiger partial charge on any atom is -0.322 e. The van der Waals surface area contributed by atoms with Gasteiger partial charge in [0.2, 0.25) is 0 Å². The van der Waals surface area contributed by atoms with Crippen molar-refractivity contribution in [2.24, 2.45) is 5.73 Å². The third-order valence-electron chi connectivity index (χ3n) is 4.39. The molecule has 3 saturated heterocycles. The van der Waals surface area contributed by atoms with E-state index in [1.165, 1.54) is 12.1 Å². The van der Waals surface area contributed by atoms with Gasteiger partial charge in [-0.1, -0.05) is 6.07 Å². The quantitative estimate of drug-likeness (QED) is 0.876. The Labute approximate surface area is 112 Å². The molecule has 0 saturated carbocycles. The van der Waals surface area contributed by atoms with Gasteiger partial charge in [0.15, 0.2) is 0 Å². The molecule has 3 aliphatic heterocycles. The minimum absolute atomic E-state index is 0.00769. The second-order valence-corrected chi connectivity index (χ2v) is 5.52. The van der Waals surface area contributed by atoms with Gasteiger partial charge in [0.05, 0.1) is 6.04 Å². The van der Waals surface area contributed by atoms with Gasteiger partial charge in [0.1, 0.15) is 11.6 Å². The molecule has 0 radical (unpaired) electrons. The molecule has 2 unspecified atom stereocenters. The monoisotopic (exact) mass is 267 g/mol. The lowest BCUT2D eigenvalue weighted by atomic mass is 9.93. The lowest BCUT2D eigenvalue weighted by Gasteiger charge is -2.49. The number of rotatable bonds is 2. The summed E-state index contributed by atoms with van der Waals surface area (Å²) in [6.07, 6.45) is 0. The van der Waals surface area contributed by atoms with Gasteiger partial charge in [-0.2, -0.15) is 0 Å². The fourth-order valence-corrected chi connectivity index (χ4v) is 3.17. The topological polar surface area (TPSA) is 32.5 Å². The van der Waals surface area contributed by atoms with Crippen molar-refractivity contribution in [1.29, 1.82) is 0 Å². The van der Waals surface area contributed by atoms with Gasteiger partial charge in [-0.05, 0) is 18.6 Å². The molecular formula is C14H19F2N3. The second kappa shape index (κ2) is 4.81. The van der Waals surface area contributed by atoms with Crippen molar-refractivity contribution in [3.63, 3.8) is 0 Å². The number of aryl methyl sites for hydroxylation is 1. The average Bonchev–Trinajstić information content (AvgIpc) is 2.44. The molecule has 104 valence electrons. The zero-order valence-electron chi connectivity index (χ0n) is 11.1. The molecule has 2 bridgehead atoms. The molecule has 3 fully saturated rings. The molecule has 2 N–H and O–H groups in total. The summed E-state index contributed by atoms with van der Waals surface area (Å²) in [7, 11) is 0. The Morgan fingerprint density at radius 3 is 2.47 bits per heavy atom. The van der Waals surface area contributed by atoms with E-state index in [0.717, 1.165) is 32.7 Å². The number of fused-ring (bicyclic) bond motifs is 3. The summed E-state index contributed by atoms with van der Waals surface area (Å²) in [4.78, 5) is 4.57. The van der Waals surface area contributed by atoms with Crippen molar-refractivity contribution in [1.82, 2.24) is 9.80 Å². The fourth-order valence-electron chi connectivity index (χ4n) is 3.17. The van der Waals surface area contributed by atoms with Crippen molar-refractivity contribution in [2.75, 3.05) is 32.7 Å². The normalized spacial score (nSPS) is 31.5. The Morgan fingerprint density at radius 2 is 1.89 bits per heavy atom. The maximum absolute atomic E-state index is 14.2. The van der Waals surface area contributed by atoms with Gasteiger partial charge in [-0.25, -0.2) is 8.78 Å². The highest BCUT2D eigenvalue weighted by Gasteiger charge is 2.37. The lowest BCUT2D eigenvalue weighted by Crippen LogP contribution is -2.63. The first-order valence-corrected chi connectivity index (χ1v) is 6.74. The summed E-state index contributed by atoms with van der Waals surface area (Å²) in [5.74, 6) is -1.03. The van der Waals surface area contributed by atoms with E-state index in [2.05, 4.69) is 9.80 Å². The average molecular weight is 267 g/mol. The summed E-state index contributed by atoms with van der Waals surface area (Å²) in [5, 5.41) is 0. The van der Waals surface area contributed by atoms with Gasteiger partial charge in [-0.3, -0.25) is 9.80 Å². The van der Waals surface area contributed by atoms with E-state index in [4.69, 9.17) is 5.73 Å². The molecule has 0 spiro atoms. The zero-order chi connectivity index (χ0) is 13.6. The van der Waals surface area contributed by atoms with E-state index >= 15 is 0 Å². The van der Waals surface area contributed by atoms with Gasteiger partial charge in [0.25, 0.3) is 0 Å². The van der Waals surface area contributed by atoms with Crippen LogP contribution < -0.4 is 5.73 Å². The van der Waals surface area contributed by atoms with Gasteiger partial charge < -0.3 is 5.73 Å². The highest BCUT2D eigenvalue weighted by atomic mass is 19.1. The number of hydrogen-bond acceptors (Lipinski definition) is 3. The van der Waals surface area contributed by atoms with Crippen LogP contribution in [0.1, 0.15) is 17.2 Å². The maximum atomic E-state index is 14.2. The van der Waals surface area contributed by atoms with Crippen LogP contribution in [0.5, 0.6) is 0 Å². The van der Waals surface area contributed by atoms with Crippen LogP contribution in [-0.2, 0) is 0 Å². The van der Waals surface area contributed by atoms with Crippen molar-refractivity contribution in [3.8, 4) is 0 Å². The first-order chi connectivity index (χ1) is 9.08. The molecule has 1 aromatic rings. The standard InChI is InChI=1S/C14H19F2N3/c1-9-2-3-10(15)12(13(9)16)14(17)11-8-18-4-6-19(11)7-5-18/h2-3,11,14H,4-8,17H2,1H3. The van der Waals surface area contributed by atoms with E-state index in [-0.39, 0.29) is 11.6 Å². The number of piperazine rings is 3. The molecular weight excluding hydrogens is 248 g/mol.